The molecule has 2 heterocycles. The number of aryl methyl sites for hydroxylation is 1. The van der Waals surface area contributed by atoms with Gasteiger partial charge in [-0.3, -0.25) is 19.4 Å². The van der Waals surface area contributed by atoms with Crippen LogP contribution >= 0.6 is 0 Å². The third kappa shape index (κ3) is 5.74. The van der Waals surface area contributed by atoms with Gasteiger partial charge in [-0.15, -0.1) is 0 Å². The number of guanidine groups is 1. The Morgan fingerprint density at radius 1 is 1.19 bits per heavy atom. The molecule has 0 spiro atoms. The van der Waals surface area contributed by atoms with Crippen LogP contribution in [0.4, 0.5) is 0 Å². The lowest BCUT2D eigenvalue weighted by atomic mass is 10.1. The third-order valence-electron chi connectivity index (χ3n) is 5.98. The summed E-state index contributed by atoms with van der Waals surface area (Å²) in [7, 11) is 1.74. The van der Waals surface area contributed by atoms with Gasteiger partial charge in [0, 0.05) is 33.1 Å². The Hall–Kier alpha value is -3.10. The molecule has 0 radical (unpaired) electrons. The van der Waals surface area contributed by atoms with E-state index in [1.54, 1.807) is 21.7 Å². The number of carbonyl (C=O) groups is 3. The quantitative estimate of drug-likeness (QED) is 0.341. The largest absolute Gasteiger partial charge is 0.370 e. The molecule has 1 aromatic rings. The number of rotatable bonds is 8. The van der Waals surface area contributed by atoms with Crippen LogP contribution in [0.1, 0.15) is 31.2 Å². The maximum absolute atomic E-state index is 12.9. The molecule has 168 valence electrons. The Morgan fingerprint density at radius 3 is 2.65 bits per heavy atom. The first-order valence-corrected chi connectivity index (χ1v) is 10.8. The second kappa shape index (κ2) is 10.3. The van der Waals surface area contributed by atoms with E-state index in [1.165, 1.54) is 0 Å². The molecular formula is C22H32N6O3. The van der Waals surface area contributed by atoms with Gasteiger partial charge in [0.2, 0.25) is 17.7 Å². The number of nitrogens with two attached hydrogens (primary N) is 2. The lowest BCUT2D eigenvalue weighted by molar-refractivity contribution is -0.153. The average molecular weight is 429 g/mol. The maximum Gasteiger partial charge on any atom is 0.245 e. The Kier molecular flexibility index (Phi) is 7.49. The van der Waals surface area contributed by atoms with Gasteiger partial charge in [-0.1, -0.05) is 30.3 Å². The number of benzene rings is 1. The molecular weight excluding hydrogens is 396 g/mol. The number of aliphatic imine (C=N–C) groups is 1. The van der Waals surface area contributed by atoms with Crippen molar-refractivity contribution in [3.05, 3.63) is 35.9 Å². The normalized spacial score (nSPS) is 20.4. The van der Waals surface area contributed by atoms with E-state index in [2.05, 4.69) is 4.99 Å². The van der Waals surface area contributed by atoms with Crippen LogP contribution in [-0.2, 0) is 20.8 Å². The summed E-state index contributed by atoms with van der Waals surface area (Å²) in [4.78, 5) is 47.4. The molecule has 3 rings (SSSR count). The molecule has 2 aliphatic rings. The minimum Gasteiger partial charge on any atom is -0.370 e. The zero-order valence-electron chi connectivity index (χ0n) is 18.1. The van der Waals surface area contributed by atoms with Crippen LogP contribution in [0.3, 0.4) is 0 Å². The standard InChI is InChI=1S/C22H32N6O3/c1-26(13-5-12-25-22(23)24)21(31)18-10-9-17-14-27(15-20(30)28(17)18)19(29)11-8-16-6-3-2-4-7-16/h2-4,6-7,17-18H,5,8-15H2,1H3,(H4,23,24,25). The highest BCUT2D eigenvalue weighted by atomic mass is 16.2. The smallest absolute Gasteiger partial charge is 0.245 e. The van der Waals surface area contributed by atoms with Crippen LogP contribution in [-0.4, -0.2) is 83.7 Å². The highest BCUT2D eigenvalue weighted by Crippen LogP contribution is 2.29. The van der Waals surface area contributed by atoms with E-state index in [1.807, 2.05) is 30.3 Å². The Morgan fingerprint density at radius 2 is 1.94 bits per heavy atom. The predicted molar refractivity (Wildman–Crippen MR) is 118 cm³/mol. The summed E-state index contributed by atoms with van der Waals surface area (Å²) in [6.07, 6.45) is 3.04. The van der Waals surface area contributed by atoms with E-state index in [4.69, 9.17) is 11.5 Å². The molecule has 0 saturated carbocycles. The van der Waals surface area contributed by atoms with Crippen LogP contribution in [0.2, 0.25) is 0 Å². The molecule has 0 aliphatic carbocycles. The molecule has 0 aromatic heterocycles. The van der Waals surface area contributed by atoms with E-state index in [0.717, 1.165) is 12.0 Å². The van der Waals surface area contributed by atoms with Crippen molar-refractivity contribution < 1.29 is 14.4 Å². The van der Waals surface area contributed by atoms with Crippen LogP contribution in [0, 0.1) is 0 Å². The first-order chi connectivity index (χ1) is 14.9. The molecule has 0 bridgehead atoms. The summed E-state index contributed by atoms with van der Waals surface area (Å²) in [5, 5.41) is 0. The van der Waals surface area contributed by atoms with Crippen molar-refractivity contribution in [2.75, 3.05) is 33.2 Å². The monoisotopic (exact) mass is 428 g/mol. The zero-order chi connectivity index (χ0) is 22.4. The highest BCUT2D eigenvalue weighted by molar-refractivity contribution is 5.92. The Bertz CT molecular complexity index is 824. The number of hydrogen-bond donors (Lipinski definition) is 2. The number of piperazine rings is 1. The van der Waals surface area contributed by atoms with Crippen LogP contribution in [0.25, 0.3) is 0 Å². The summed E-state index contributed by atoms with van der Waals surface area (Å²) in [6.45, 7) is 1.51. The molecule has 2 fully saturated rings. The van der Waals surface area contributed by atoms with E-state index < -0.39 is 6.04 Å². The molecule has 1 aromatic carbocycles. The van der Waals surface area contributed by atoms with Gasteiger partial charge in [0.1, 0.15) is 6.04 Å². The number of fused-ring (bicyclic) bond motifs is 1. The van der Waals surface area contributed by atoms with Crippen molar-refractivity contribution in [2.45, 2.75) is 44.2 Å². The first-order valence-electron chi connectivity index (χ1n) is 10.8. The SMILES string of the molecule is CN(CCCN=C(N)N)C(=O)C1CCC2CN(C(=O)CCc3ccccc3)CC(=O)N21. The van der Waals surface area contributed by atoms with E-state index in [9.17, 15) is 14.4 Å². The Labute approximate surface area is 183 Å². The lowest BCUT2D eigenvalue weighted by Crippen LogP contribution is -2.59. The summed E-state index contributed by atoms with van der Waals surface area (Å²) in [6, 6.07) is 9.31. The number of hydrogen-bond acceptors (Lipinski definition) is 4. The van der Waals surface area contributed by atoms with E-state index in [0.29, 0.717) is 45.3 Å². The van der Waals surface area contributed by atoms with Gasteiger partial charge in [-0.2, -0.15) is 0 Å². The van der Waals surface area contributed by atoms with E-state index >= 15 is 0 Å². The van der Waals surface area contributed by atoms with Gasteiger partial charge in [0.15, 0.2) is 5.96 Å². The van der Waals surface area contributed by atoms with Crippen molar-refractivity contribution in [3.63, 3.8) is 0 Å². The lowest BCUT2D eigenvalue weighted by Gasteiger charge is -2.40. The van der Waals surface area contributed by atoms with Crippen molar-refractivity contribution in [1.82, 2.24) is 14.7 Å². The minimum atomic E-state index is -0.452. The van der Waals surface area contributed by atoms with Gasteiger partial charge in [0.25, 0.3) is 0 Å². The molecule has 2 saturated heterocycles. The summed E-state index contributed by atoms with van der Waals surface area (Å²) < 4.78 is 0. The van der Waals surface area contributed by atoms with Crippen molar-refractivity contribution >= 4 is 23.7 Å². The third-order valence-corrected chi connectivity index (χ3v) is 5.98. The first kappa shape index (κ1) is 22.6. The van der Waals surface area contributed by atoms with Crippen LogP contribution < -0.4 is 11.5 Å². The average Bonchev–Trinajstić information content (AvgIpc) is 3.19. The minimum absolute atomic E-state index is 0.0107. The van der Waals surface area contributed by atoms with Crippen LogP contribution in [0.5, 0.6) is 0 Å². The van der Waals surface area contributed by atoms with Gasteiger partial charge in [-0.25, -0.2) is 0 Å². The van der Waals surface area contributed by atoms with Gasteiger partial charge >= 0.3 is 0 Å². The van der Waals surface area contributed by atoms with Gasteiger partial charge in [-0.05, 0) is 31.2 Å². The topological polar surface area (TPSA) is 125 Å². The molecule has 2 aliphatic heterocycles. The summed E-state index contributed by atoms with van der Waals surface area (Å²) in [5.74, 6) is -0.184. The van der Waals surface area contributed by atoms with Gasteiger partial charge in [0.05, 0.1) is 12.6 Å². The second-order valence-corrected chi connectivity index (χ2v) is 8.23. The molecule has 2 unspecified atom stereocenters. The zero-order valence-corrected chi connectivity index (χ0v) is 18.1. The van der Waals surface area contributed by atoms with Crippen molar-refractivity contribution in [1.29, 1.82) is 0 Å². The Balaban J connectivity index is 1.52. The number of likely N-dealkylation sites (N-methyl/N-ethyl adjacent to an activating group) is 1. The molecule has 3 amide bonds. The summed E-state index contributed by atoms with van der Waals surface area (Å²) in [5.41, 5.74) is 11.7. The predicted octanol–water partition coefficient (Wildman–Crippen LogP) is -0.0571. The molecule has 9 heteroatoms. The maximum atomic E-state index is 12.9. The fourth-order valence-corrected chi connectivity index (χ4v) is 4.37. The fraction of sp³-hybridized carbons (Fsp3) is 0.545. The highest BCUT2D eigenvalue weighted by Gasteiger charge is 2.46. The molecule has 2 atom stereocenters. The van der Waals surface area contributed by atoms with Crippen LogP contribution in [0.15, 0.2) is 35.3 Å². The molecule has 31 heavy (non-hydrogen) atoms. The summed E-state index contributed by atoms with van der Waals surface area (Å²) >= 11 is 0. The van der Waals surface area contributed by atoms with Crippen molar-refractivity contribution in [3.8, 4) is 0 Å². The van der Waals surface area contributed by atoms with Gasteiger partial charge < -0.3 is 26.2 Å². The molecule has 4 N–H and O–H groups in total. The number of carbonyl (C=O) groups excluding carboxylic acids is 3. The fourth-order valence-electron chi connectivity index (χ4n) is 4.37. The second-order valence-electron chi connectivity index (χ2n) is 8.23. The van der Waals surface area contributed by atoms with Crippen molar-refractivity contribution in [2.24, 2.45) is 16.5 Å². The molecule has 9 nitrogen and oxygen atoms in total. The van der Waals surface area contributed by atoms with E-state index in [-0.39, 0.29) is 36.3 Å². The number of nitrogens with zero attached hydrogens (tertiary/aromatic N) is 4. The number of amides is 3.